The predicted octanol–water partition coefficient (Wildman–Crippen LogP) is 0.269. The Labute approximate surface area is 159 Å². The molecule has 8 N–H and O–H groups in total. The topological polar surface area (TPSA) is 151 Å². The molecule has 0 saturated heterocycles. The van der Waals surface area contributed by atoms with E-state index in [1.165, 1.54) is 16.6 Å². The molecule has 2 aromatic heterocycles. The predicted molar refractivity (Wildman–Crippen MR) is 109 cm³/mol. The van der Waals surface area contributed by atoms with Gasteiger partial charge in [-0.25, -0.2) is 4.52 Å². The zero-order valence-corrected chi connectivity index (χ0v) is 15.2. The van der Waals surface area contributed by atoms with Crippen molar-refractivity contribution in [3.05, 3.63) is 40.2 Å². The van der Waals surface area contributed by atoms with E-state index in [-0.39, 0.29) is 27.8 Å². The van der Waals surface area contributed by atoms with Gasteiger partial charge in [0.2, 0.25) is 5.43 Å². The SMILES string of the molecule is NCCNCc1nn2c3c(O)ccc(O)c3c(=O)c3c(NCCN)ccc1c32. The van der Waals surface area contributed by atoms with Crippen LogP contribution in [0.1, 0.15) is 5.69 Å². The maximum atomic E-state index is 13.3. The second-order valence-corrected chi connectivity index (χ2v) is 6.58. The minimum Gasteiger partial charge on any atom is -0.507 e. The van der Waals surface area contributed by atoms with Gasteiger partial charge < -0.3 is 32.3 Å². The summed E-state index contributed by atoms with van der Waals surface area (Å²) in [6, 6.07) is 6.35. The minimum absolute atomic E-state index is 0.0281. The highest BCUT2D eigenvalue weighted by Crippen LogP contribution is 2.36. The number of fused-ring (bicyclic) bond motifs is 2. The number of hydrogen-bond donors (Lipinski definition) is 6. The summed E-state index contributed by atoms with van der Waals surface area (Å²) in [5, 5.41) is 33.0. The Hall–Kier alpha value is -3.14. The number of phenolic OH excluding ortho intramolecular Hbond substituents is 2. The molecule has 0 amide bonds. The fraction of sp³-hybridized carbons (Fsp3) is 0.263. The van der Waals surface area contributed by atoms with Crippen LogP contribution in [-0.4, -0.2) is 46.0 Å². The number of benzene rings is 2. The number of aromatic hydroxyl groups is 2. The van der Waals surface area contributed by atoms with Crippen molar-refractivity contribution >= 4 is 32.9 Å². The van der Waals surface area contributed by atoms with Crippen LogP contribution in [0.5, 0.6) is 11.5 Å². The number of nitrogens with zero attached hydrogens (tertiary/aromatic N) is 2. The molecule has 146 valence electrons. The molecule has 28 heavy (non-hydrogen) atoms. The lowest BCUT2D eigenvalue weighted by atomic mass is 10.0. The van der Waals surface area contributed by atoms with Gasteiger partial charge in [0.1, 0.15) is 17.0 Å². The molecule has 4 rings (SSSR count). The fourth-order valence-corrected chi connectivity index (χ4v) is 3.59. The van der Waals surface area contributed by atoms with Crippen LogP contribution >= 0.6 is 0 Å². The third-order valence-electron chi connectivity index (χ3n) is 4.80. The van der Waals surface area contributed by atoms with Crippen molar-refractivity contribution in [1.29, 1.82) is 0 Å². The maximum Gasteiger partial charge on any atom is 0.203 e. The molecule has 0 atom stereocenters. The summed E-state index contributed by atoms with van der Waals surface area (Å²) >= 11 is 0. The van der Waals surface area contributed by atoms with Gasteiger partial charge in [-0.05, 0) is 24.3 Å². The van der Waals surface area contributed by atoms with Gasteiger partial charge in [0, 0.05) is 43.8 Å². The van der Waals surface area contributed by atoms with E-state index in [1.54, 1.807) is 0 Å². The van der Waals surface area contributed by atoms with Gasteiger partial charge in [-0.2, -0.15) is 5.10 Å². The van der Waals surface area contributed by atoms with Gasteiger partial charge in [-0.3, -0.25) is 4.79 Å². The molecule has 2 heterocycles. The zero-order valence-electron chi connectivity index (χ0n) is 15.2. The Balaban J connectivity index is 2.12. The minimum atomic E-state index is -0.373. The molecule has 0 radical (unpaired) electrons. The van der Waals surface area contributed by atoms with Crippen molar-refractivity contribution in [2.45, 2.75) is 6.54 Å². The Morgan fingerprint density at radius 3 is 2.46 bits per heavy atom. The molecule has 0 fully saturated rings. The van der Waals surface area contributed by atoms with Crippen molar-refractivity contribution in [3.8, 4) is 11.5 Å². The molecule has 4 aromatic rings. The molecular formula is C19H22N6O3. The maximum absolute atomic E-state index is 13.3. The molecule has 9 heteroatoms. The zero-order chi connectivity index (χ0) is 19.8. The van der Waals surface area contributed by atoms with E-state index in [0.29, 0.717) is 49.3 Å². The summed E-state index contributed by atoms with van der Waals surface area (Å²) in [5.41, 5.74) is 12.9. The van der Waals surface area contributed by atoms with Crippen molar-refractivity contribution in [2.75, 3.05) is 31.5 Å². The van der Waals surface area contributed by atoms with E-state index in [9.17, 15) is 15.0 Å². The van der Waals surface area contributed by atoms with E-state index in [4.69, 9.17) is 11.5 Å². The first kappa shape index (κ1) is 18.2. The molecule has 0 bridgehead atoms. The first-order valence-corrected chi connectivity index (χ1v) is 9.07. The molecule has 0 aliphatic carbocycles. The van der Waals surface area contributed by atoms with Crippen molar-refractivity contribution in [3.63, 3.8) is 0 Å². The Morgan fingerprint density at radius 1 is 0.964 bits per heavy atom. The standard InChI is InChI=1S/C19H22N6O3/c20-5-7-22-9-12-10-1-2-11(23-8-6-21)15-17(10)25(24-12)18-14(27)4-3-13(26)16(18)19(15)28/h1-4,22-23,26-27H,5-9,20-21H2. The van der Waals surface area contributed by atoms with Gasteiger partial charge in [-0.1, -0.05) is 0 Å². The summed E-state index contributed by atoms with van der Waals surface area (Å²) in [5.74, 6) is -0.332. The number of hydrogen-bond acceptors (Lipinski definition) is 8. The van der Waals surface area contributed by atoms with E-state index in [2.05, 4.69) is 15.7 Å². The lowest BCUT2D eigenvalue weighted by Gasteiger charge is -2.12. The highest BCUT2D eigenvalue weighted by Gasteiger charge is 2.22. The fourth-order valence-electron chi connectivity index (χ4n) is 3.59. The molecule has 0 aliphatic rings. The van der Waals surface area contributed by atoms with Crippen LogP contribution in [0.2, 0.25) is 0 Å². The third-order valence-corrected chi connectivity index (χ3v) is 4.80. The molecule has 0 saturated carbocycles. The lowest BCUT2D eigenvalue weighted by Crippen LogP contribution is -2.22. The van der Waals surface area contributed by atoms with Crippen LogP contribution in [0.4, 0.5) is 5.69 Å². The van der Waals surface area contributed by atoms with E-state index in [0.717, 1.165) is 11.1 Å². The van der Waals surface area contributed by atoms with Crippen LogP contribution in [0.15, 0.2) is 29.1 Å². The molecule has 0 aliphatic heterocycles. The van der Waals surface area contributed by atoms with Gasteiger partial charge in [0.05, 0.1) is 22.0 Å². The van der Waals surface area contributed by atoms with E-state index >= 15 is 0 Å². The monoisotopic (exact) mass is 382 g/mol. The quantitative estimate of drug-likeness (QED) is 0.151. The highest BCUT2D eigenvalue weighted by molar-refractivity contribution is 6.10. The highest BCUT2D eigenvalue weighted by atomic mass is 16.3. The van der Waals surface area contributed by atoms with Crippen molar-refractivity contribution in [2.24, 2.45) is 11.5 Å². The van der Waals surface area contributed by atoms with Crippen LogP contribution < -0.4 is 27.5 Å². The summed E-state index contributed by atoms with van der Waals surface area (Å²) in [7, 11) is 0. The van der Waals surface area contributed by atoms with Gasteiger partial charge in [0.15, 0.2) is 0 Å². The molecule has 0 spiro atoms. The molecular weight excluding hydrogens is 360 g/mol. The normalized spacial score (nSPS) is 11.8. The second kappa shape index (κ2) is 7.12. The lowest BCUT2D eigenvalue weighted by molar-refractivity contribution is 0.467. The number of nitrogens with two attached hydrogens (primary N) is 2. The van der Waals surface area contributed by atoms with Crippen LogP contribution in [0.3, 0.4) is 0 Å². The van der Waals surface area contributed by atoms with E-state index < -0.39 is 0 Å². The van der Waals surface area contributed by atoms with Gasteiger partial charge in [0.25, 0.3) is 0 Å². The number of pyridine rings is 1. The first-order valence-electron chi connectivity index (χ1n) is 9.07. The number of nitrogens with one attached hydrogen (secondary N) is 2. The van der Waals surface area contributed by atoms with E-state index in [1.807, 2.05) is 12.1 Å². The first-order chi connectivity index (χ1) is 13.6. The number of anilines is 1. The summed E-state index contributed by atoms with van der Waals surface area (Å²) in [6.07, 6.45) is 0. The molecule has 0 unspecified atom stereocenters. The van der Waals surface area contributed by atoms with Crippen LogP contribution in [0.25, 0.3) is 27.2 Å². The largest absolute Gasteiger partial charge is 0.507 e. The number of phenols is 2. The third kappa shape index (κ3) is 2.68. The molecule has 9 nitrogen and oxygen atoms in total. The van der Waals surface area contributed by atoms with Crippen molar-refractivity contribution in [1.82, 2.24) is 14.9 Å². The Morgan fingerprint density at radius 2 is 1.71 bits per heavy atom. The summed E-state index contributed by atoms with van der Waals surface area (Å²) < 4.78 is 1.53. The Bertz CT molecular complexity index is 1220. The average molecular weight is 382 g/mol. The van der Waals surface area contributed by atoms with Crippen LogP contribution in [-0.2, 0) is 6.54 Å². The summed E-state index contributed by atoms with van der Waals surface area (Å²) in [4.78, 5) is 13.3. The summed E-state index contributed by atoms with van der Waals surface area (Å²) in [6.45, 7) is 2.47. The molecule has 2 aromatic carbocycles. The number of rotatable bonds is 7. The van der Waals surface area contributed by atoms with Gasteiger partial charge >= 0.3 is 0 Å². The second-order valence-electron chi connectivity index (χ2n) is 6.58. The van der Waals surface area contributed by atoms with Gasteiger partial charge in [-0.15, -0.1) is 0 Å². The Kier molecular flexibility index (Phi) is 4.63. The van der Waals surface area contributed by atoms with Crippen molar-refractivity contribution < 1.29 is 10.2 Å². The number of aromatic nitrogens is 2. The smallest absolute Gasteiger partial charge is 0.203 e. The van der Waals surface area contributed by atoms with Crippen LogP contribution in [0, 0.1) is 0 Å². The average Bonchev–Trinajstić information content (AvgIpc) is 3.05.